The Kier molecular flexibility index (Phi) is 2.30. The van der Waals surface area contributed by atoms with Gasteiger partial charge in [0.2, 0.25) is 0 Å². The minimum Gasteiger partial charge on any atom is -0.278 e. The fourth-order valence-electron chi connectivity index (χ4n) is 1.49. The molecular weight excluding hydrogens is 160 g/mol. The average Bonchev–Trinajstić information content (AvgIpc) is 2.67. The molecule has 1 aromatic heterocycles. The van der Waals surface area contributed by atoms with Crippen molar-refractivity contribution in [1.29, 1.82) is 0 Å². The standard InChI is InChI=1S/C10H12N2.CH4/c1-7(2)8-4-3-5-10-9(8)6-11-12-10;/h3-7H,1-2H3,(H,11,12);1H4/i;1T. The predicted octanol–water partition coefficient (Wildman–Crippen LogP) is 3.32. The van der Waals surface area contributed by atoms with Crippen LogP contribution in [-0.2, 0) is 0 Å². The third-order valence-corrected chi connectivity index (χ3v) is 2.14. The largest absolute Gasteiger partial charge is 0.278 e. The smallest absolute Gasteiger partial charge is 0.0653 e. The average molecular weight is 178 g/mol. The Bertz CT molecular complexity index is 393. The summed E-state index contributed by atoms with van der Waals surface area (Å²) >= 11 is 0. The van der Waals surface area contributed by atoms with E-state index >= 15 is 0 Å². The Labute approximate surface area is 80.4 Å². The number of nitrogens with one attached hydrogen (secondary N) is 1. The number of fused-ring (bicyclic) bond motifs is 1. The van der Waals surface area contributed by atoms with Crippen molar-refractivity contribution in [2.45, 2.75) is 27.2 Å². The first-order valence-electron chi connectivity index (χ1n) is 5.21. The van der Waals surface area contributed by atoms with Crippen molar-refractivity contribution in [3.63, 3.8) is 0 Å². The number of rotatable bonds is 1. The van der Waals surface area contributed by atoms with Gasteiger partial charge in [0.1, 0.15) is 0 Å². The normalized spacial score (nSPS) is 10.9. The Hall–Kier alpha value is -1.31. The molecule has 1 heterocycles. The molecule has 0 bridgehead atoms. The Morgan fingerprint density at radius 2 is 2.23 bits per heavy atom. The summed E-state index contributed by atoms with van der Waals surface area (Å²) < 4.78 is 5.75. The molecule has 0 spiro atoms. The molecule has 0 radical (unpaired) electrons. The molecule has 1 aromatic carbocycles. The van der Waals surface area contributed by atoms with E-state index in [4.69, 9.17) is 1.37 Å². The van der Waals surface area contributed by atoms with Gasteiger partial charge in [-0.05, 0) is 17.5 Å². The van der Waals surface area contributed by atoms with Crippen molar-refractivity contribution in [2.75, 3.05) is 0 Å². The van der Waals surface area contributed by atoms with Crippen LogP contribution in [0.5, 0.6) is 0 Å². The maximum Gasteiger partial charge on any atom is 0.0653 e. The van der Waals surface area contributed by atoms with Gasteiger partial charge < -0.3 is 0 Å². The van der Waals surface area contributed by atoms with Crippen molar-refractivity contribution in [3.05, 3.63) is 30.0 Å². The quantitative estimate of drug-likeness (QED) is 0.713. The van der Waals surface area contributed by atoms with Crippen LogP contribution in [0.15, 0.2) is 24.4 Å². The van der Waals surface area contributed by atoms with Crippen molar-refractivity contribution >= 4 is 10.9 Å². The van der Waals surface area contributed by atoms with E-state index in [1.165, 1.54) is 18.4 Å². The number of H-pyrrole nitrogens is 1. The zero-order chi connectivity index (χ0) is 10.6. The van der Waals surface area contributed by atoms with Crippen LogP contribution in [0.1, 0.15) is 34.1 Å². The Balaban J connectivity index is 0.000000461. The highest BCUT2D eigenvalue weighted by Crippen LogP contribution is 2.23. The highest BCUT2D eigenvalue weighted by atomic mass is 15.1. The maximum atomic E-state index is 5.75. The van der Waals surface area contributed by atoms with E-state index in [1.807, 2.05) is 12.3 Å². The van der Waals surface area contributed by atoms with Gasteiger partial charge in [-0.1, -0.05) is 33.4 Å². The topological polar surface area (TPSA) is 28.7 Å². The van der Waals surface area contributed by atoms with Gasteiger partial charge in [-0.25, -0.2) is 0 Å². The summed E-state index contributed by atoms with van der Waals surface area (Å²) in [6, 6.07) is 6.27. The van der Waals surface area contributed by atoms with Gasteiger partial charge in [0, 0.05) is 6.76 Å². The summed E-state index contributed by atoms with van der Waals surface area (Å²) in [5.74, 6) is 0.561. The van der Waals surface area contributed by atoms with Crippen molar-refractivity contribution in [1.82, 2.24) is 10.2 Å². The van der Waals surface area contributed by atoms with Crippen LogP contribution in [0, 0.1) is 0 Å². The second-order valence-electron chi connectivity index (χ2n) is 3.33. The van der Waals surface area contributed by atoms with E-state index in [0.29, 0.717) is 5.92 Å². The number of hydrogen-bond donors (Lipinski definition) is 1. The van der Waals surface area contributed by atoms with Crippen molar-refractivity contribution < 1.29 is 1.37 Å². The van der Waals surface area contributed by atoms with Gasteiger partial charge >= 0.3 is 0 Å². The Morgan fingerprint density at radius 1 is 1.46 bits per heavy atom. The summed E-state index contributed by atoms with van der Waals surface area (Å²) in [6.07, 6.45) is 1.89. The first-order chi connectivity index (χ1) is 6.79. The molecule has 2 nitrogen and oxygen atoms in total. The fourth-order valence-corrected chi connectivity index (χ4v) is 1.49. The summed E-state index contributed by atoms with van der Waals surface area (Å²) in [6.45, 7) is 4.39. The van der Waals surface area contributed by atoms with Crippen LogP contribution >= 0.6 is 0 Å². The zero-order valence-electron chi connectivity index (χ0n) is 9.33. The summed E-state index contributed by atoms with van der Waals surface area (Å²) in [5, 5.41) is 8.23. The molecule has 2 aromatic rings. The van der Waals surface area contributed by atoms with E-state index < -0.39 is 0 Å². The first kappa shape index (κ1) is 8.30. The summed E-state index contributed by atoms with van der Waals surface area (Å²) in [7, 11) is 1.25. The lowest BCUT2D eigenvalue weighted by atomic mass is 10.00. The first-order valence-corrected chi connectivity index (χ1v) is 4.21. The molecule has 0 unspecified atom stereocenters. The number of benzene rings is 1. The van der Waals surface area contributed by atoms with Gasteiger partial charge in [-0.2, -0.15) is 5.10 Å². The zero-order valence-corrected chi connectivity index (χ0v) is 8.33. The third kappa shape index (κ3) is 1.57. The van der Waals surface area contributed by atoms with E-state index in [0.717, 1.165) is 5.52 Å². The van der Waals surface area contributed by atoms with Gasteiger partial charge in [-0.15, -0.1) is 0 Å². The molecule has 0 atom stereocenters. The second-order valence-corrected chi connectivity index (χ2v) is 3.33. The van der Waals surface area contributed by atoms with Gasteiger partial charge in [0.05, 0.1) is 11.7 Å². The maximum absolute atomic E-state index is 5.75. The molecular formula is C11H16N2. The van der Waals surface area contributed by atoms with Crippen molar-refractivity contribution in [2.24, 2.45) is 0 Å². The van der Waals surface area contributed by atoms with Crippen LogP contribution in [0.2, 0.25) is 0 Å². The van der Waals surface area contributed by atoms with Crippen LogP contribution in [0.4, 0.5) is 0 Å². The molecule has 0 saturated carbocycles. The molecule has 70 valence electrons. The fraction of sp³-hybridized carbons (Fsp3) is 0.364. The van der Waals surface area contributed by atoms with E-state index in [-0.39, 0.29) is 0 Å². The molecule has 0 aliphatic carbocycles. The highest BCUT2D eigenvalue weighted by Gasteiger charge is 2.04. The minimum atomic E-state index is 0.561. The van der Waals surface area contributed by atoms with Gasteiger partial charge in [0.15, 0.2) is 0 Å². The lowest BCUT2D eigenvalue weighted by Gasteiger charge is -2.05. The molecule has 0 amide bonds. The van der Waals surface area contributed by atoms with Gasteiger partial charge in [-0.3, -0.25) is 5.10 Å². The lowest BCUT2D eigenvalue weighted by molar-refractivity contribution is 0.876. The Morgan fingerprint density at radius 3 is 2.92 bits per heavy atom. The molecule has 1 N–H and O–H groups in total. The lowest BCUT2D eigenvalue weighted by Crippen LogP contribution is -1.86. The number of aromatic nitrogens is 2. The van der Waals surface area contributed by atoms with Gasteiger partial charge in [0.25, 0.3) is 0 Å². The van der Waals surface area contributed by atoms with E-state index in [2.05, 4.69) is 36.2 Å². The number of aromatic amines is 1. The summed E-state index contributed by atoms with van der Waals surface area (Å²) in [5.41, 5.74) is 2.49. The van der Waals surface area contributed by atoms with Crippen LogP contribution in [-0.4, -0.2) is 10.2 Å². The molecule has 2 heteroatoms. The third-order valence-electron chi connectivity index (χ3n) is 2.14. The SMILES string of the molecule is CC(C)c1cccc2[nH]ncc12.[3H]C. The molecule has 0 aliphatic heterocycles. The van der Waals surface area contributed by atoms with Crippen molar-refractivity contribution in [3.8, 4) is 0 Å². The van der Waals surface area contributed by atoms with E-state index in [9.17, 15) is 0 Å². The molecule has 2 rings (SSSR count). The predicted molar refractivity (Wildman–Crippen MR) is 56.9 cm³/mol. The van der Waals surface area contributed by atoms with Crippen LogP contribution < -0.4 is 0 Å². The summed E-state index contributed by atoms with van der Waals surface area (Å²) in [4.78, 5) is 0. The second kappa shape index (κ2) is 3.60. The van der Waals surface area contributed by atoms with Crippen LogP contribution in [0.3, 0.4) is 0 Å². The van der Waals surface area contributed by atoms with Crippen LogP contribution in [0.25, 0.3) is 10.9 Å². The number of nitrogens with zero attached hydrogens (tertiary/aromatic N) is 1. The highest BCUT2D eigenvalue weighted by molar-refractivity contribution is 5.81. The molecule has 0 saturated heterocycles. The monoisotopic (exact) mass is 178 g/mol. The number of hydrogen-bond acceptors (Lipinski definition) is 1. The molecule has 0 fully saturated rings. The molecule has 0 aliphatic rings. The molecule has 13 heavy (non-hydrogen) atoms. The van der Waals surface area contributed by atoms with E-state index in [1.54, 1.807) is 0 Å². The minimum absolute atomic E-state index is 0.561.